The highest BCUT2D eigenvalue weighted by atomic mass is 79.9. The molecule has 1 saturated carbocycles. The third kappa shape index (κ3) is 1.75. The van der Waals surface area contributed by atoms with Gasteiger partial charge in [-0.2, -0.15) is 0 Å². The van der Waals surface area contributed by atoms with E-state index in [1.54, 1.807) is 0 Å². The second-order valence-electron chi connectivity index (χ2n) is 4.49. The van der Waals surface area contributed by atoms with Crippen LogP contribution in [0.4, 0.5) is 0 Å². The van der Waals surface area contributed by atoms with Gasteiger partial charge in [0.25, 0.3) is 0 Å². The first-order valence-corrected chi connectivity index (χ1v) is 6.30. The van der Waals surface area contributed by atoms with E-state index in [0.29, 0.717) is 10.2 Å². The van der Waals surface area contributed by atoms with Gasteiger partial charge >= 0.3 is 0 Å². The highest BCUT2D eigenvalue weighted by Gasteiger charge is 2.46. The van der Waals surface area contributed by atoms with Crippen LogP contribution < -0.4 is 0 Å². The summed E-state index contributed by atoms with van der Waals surface area (Å²) < 4.78 is 0. The molecule has 1 aliphatic rings. The van der Waals surface area contributed by atoms with E-state index in [1.165, 1.54) is 30.4 Å². The maximum Gasteiger partial charge on any atom is 0.0451 e. The van der Waals surface area contributed by atoms with Gasteiger partial charge in [0.15, 0.2) is 0 Å². The first-order valence-electron chi connectivity index (χ1n) is 5.38. The molecule has 1 heteroatoms. The third-order valence-electron chi connectivity index (χ3n) is 3.50. The van der Waals surface area contributed by atoms with Crippen LogP contribution in [0.5, 0.6) is 0 Å². The standard InChI is InChI=1S/C13H17Br/c1-3-13(8-9-13)12(14)11-6-4-10(2)5-7-11/h4-7,12H,3,8-9H2,1-2H3. The number of halogens is 1. The van der Waals surface area contributed by atoms with Crippen LogP contribution in [0.25, 0.3) is 0 Å². The number of hydrogen-bond acceptors (Lipinski definition) is 0. The van der Waals surface area contributed by atoms with Crippen molar-refractivity contribution < 1.29 is 0 Å². The fraction of sp³-hybridized carbons (Fsp3) is 0.538. The lowest BCUT2D eigenvalue weighted by molar-refractivity contribution is 0.484. The molecule has 1 fully saturated rings. The molecular formula is C13H17Br. The molecule has 0 aliphatic heterocycles. The average Bonchev–Trinajstić information content (AvgIpc) is 2.99. The molecule has 0 N–H and O–H groups in total. The molecule has 1 atom stereocenters. The largest absolute Gasteiger partial charge is 0.0833 e. The fourth-order valence-corrected chi connectivity index (χ4v) is 3.12. The lowest BCUT2D eigenvalue weighted by Gasteiger charge is -2.20. The number of rotatable bonds is 3. The fourth-order valence-electron chi connectivity index (χ4n) is 2.04. The Morgan fingerprint density at radius 3 is 2.29 bits per heavy atom. The predicted octanol–water partition coefficient (Wildman–Crippen LogP) is 4.62. The SMILES string of the molecule is CCC1(C(Br)c2ccc(C)cc2)CC1. The van der Waals surface area contributed by atoms with Crippen LogP contribution in [0.15, 0.2) is 24.3 Å². The summed E-state index contributed by atoms with van der Waals surface area (Å²) in [5, 5.41) is 0. The van der Waals surface area contributed by atoms with E-state index >= 15 is 0 Å². The highest BCUT2D eigenvalue weighted by Crippen LogP contribution is 2.60. The molecule has 0 saturated heterocycles. The molecule has 0 bridgehead atoms. The molecule has 1 unspecified atom stereocenters. The van der Waals surface area contributed by atoms with Crippen molar-refractivity contribution >= 4 is 15.9 Å². The first-order chi connectivity index (χ1) is 6.68. The van der Waals surface area contributed by atoms with E-state index in [0.717, 1.165) is 0 Å². The summed E-state index contributed by atoms with van der Waals surface area (Å²) in [5.41, 5.74) is 3.35. The van der Waals surface area contributed by atoms with E-state index in [2.05, 4.69) is 54.0 Å². The van der Waals surface area contributed by atoms with Gasteiger partial charge in [-0.15, -0.1) is 0 Å². The Balaban J connectivity index is 2.19. The molecule has 0 nitrogen and oxygen atoms in total. The molecule has 1 aromatic rings. The monoisotopic (exact) mass is 252 g/mol. The van der Waals surface area contributed by atoms with Crippen molar-refractivity contribution in [2.75, 3.05) is 0 Å². The topological polar surface area (TPSA) is 0 Å². The average molecular weight is 253 g/mol. The molecule has 0 aromatic heterocycles. The summed E-state index contributed by atoms with van der Waals surface area (Å²) in [5.74, 6) is 0. The number of aryl methyl sites for hydroxylation is 1. The summed E-state index contributed by atoms with van der Waals surface area (Å²) in [6, 6.07) is 8.92. The molecule has 0 radical (unpaired) electrons. The summed E-state index contributed by atoms with van der Waals surface area (Å²) in [6.45, 7) is 4.44. The Morgan fingerprint density at radius 1 is 1.29 bits per heavy atom. The van der Waals surface area contributed by atoms with Gasteiger partial charge in [-0.3, -0.25) is 0 Å². The second-order valence-corrected chi connectivity index (χ2v) is 5.40. The van der Waals surface area contributed by atoms with Gasteiger partial charge in [-0.05, 0) is 37.2 Å². The summed E-state index contributed by atoms with van der Waals surface area (Å²) in [7, 11) is 0. The van der Waals surface area contributed by atoms with E-state index < -0.39 is 0 Å². The predicted molar refractivity (Wildman–Crippen MR) is 64.8 cm³/mol. The lowest BCUT2D eigenvalue weighted by Crippen LogP contribution is -2.06. The number of hydrogen-bond donors (Lipinski definition) is 0. The van der Waals surface area contributed by atoms with Gasteiger partial charge < -0.3 is 0 Å². The normalized spacial score (nSPS) is 20.5. The molecular weight excluding hydrogens is 236 g/mol. The van der Waals surface area contributed by atoms with Crippen LogP contribution >= 0.6 is 15.9 Å². The molecule has 1 aliphatic carbocycles. The Kier molecular flexibility index (Phi) is 2.70. The molecule has 1 aromatic carbocycles. The minimum Gasteiger partial charge on any atom is -0.0833 e. The molecule has 0 heterocycles. The van der Waals surface area contributed by atoms with Crippen LogP contribution in [0.2, 0.25) is 0 Å². The van der Waals surface area contributed by atoms with Crippen molar-refractivity contribution in [2.45, 2.75) is 37.9 Å². The van der Waals surface area contributed by atoms with Crippen LogP contribution in [0.3, 0.4) is 0 Å². The lowest BCUT2D eigenvalue weighted by atomic mass is 9.93. The van der Waals surface area contributed by atoms with Gasteiger partial charge in [0, 0.05) is 4.83 Å². The van der Waals surface area contributed by atoms with Crippen LogP contribution in [0.1, 0.15) is 42.1 Å². The summed E-state index contributed by atoms with van der Waals surface area (Å²) in [6.07, 6.45) is 4.05. The van der Waals surface area contributed by atoms with Crippen molar-refractivity contribution in [3.8, 4) is 0 Å². The molecule has 14 heavy (non-hydrogen) atoms. The zero-order valence-corrected chi connectivity index (χ0v) is 10.5. The van der Waals surface area contributed by atoms with Crippen LogP contribution in [-0.4, -0.2) is 0 Å². The van der Waals surface area contributed by atoms with Crippen molar-refractivity contribution in [1.82, 2.24) is 0 Å². The minimum atomic E-state index is 0.556. The van der Waals surface area contributed by atoms with Crippen molar-refractivity contribution in [3.63, 3.8) is 0 Å². The van der Waals surface area contributed by atoms with E-state index in [-0.39, 0.29) is 0 Å². The molecule has 76 valence electrons. The zero-order valence-electron chi connectivity index (χ0n) is 8.89. The van der Waals surface area contributed by atoms with Crippen LogP contribution in [0, 0.1) is 12.3 Å². The molecule has 0 amide bonds. The van der Waals surface area contributed by atoms with Crippen molar-refractivity contribution in [3.05, 3.63) is 35.4 Å². The van der Waals surface area contributed by atoms with E-state index in [4.69, 9.17) is 0 Å². The Hall–Kier alpha value is -0.300. The maximum atomic E-state index is 3.85. The van der Waals surface area contributed by atoms with E-state index in [1.807, 2.05) is 0 Å². The van der Waals surface area contributed by atoms with Gasteiger partial charge in [0.05, 0.1) is 0 Å². The second kappa shape index (κ2) is 3.69. The minimum absolute atomic E-state index is 0.556. The first kappa shape index (κ1) is 10.2. The maximum absolute atomic E-state index is 3.85. The highest BCUT2D eigenvalue weighted by molar-refractivity contribution is 9.09. The quantitative estimate of drug-likeness (QED) is 0.689. The van der Waals surface area contributed by atoms with Crippen molar-refractivity contribution in [2.24, 2.45) is 5.41 Å². The van der Waals surface area contributed by atoms with Gasteiger partial charge in [0.2, 0.25) is 0 Å². The van der Waals surface area contributed by atoms with E-state index in [9.17, 15) is 0 Å². The summed E-state index contributed by atoms with van der Waals surface area (Å²) in [4.78, 5) is 0.556. The van der Waals surface area contributed by atoms with Crippen molar-refractivity contribution in [1.29, 1.82) is 0 Å². The number of alkyl halides is 1. The number of benzene rings is 1. The Bertz CT molecular complexity index is 309. The molecule has 0 spiro atoms. The summed E-state index contributed by atoms with van der Waals surface area (Å²) >= 11 is 3.85. The Labute approximate surface area is 94.8 Å². The Morgan fingerprint density at radius 2 is 1.86 bits per heavy atom. The third-order valence-corrected chi connectivity index (χ3v) is 5.00. The zero-order chi connectivity index (χ0) is 10.2. The molecule has 2 rings (SSSR count). The van der Waals surface area contributed by atoms with Gasteiger partial charge in [-0.1, -0.05) is 52.7 Å². The smallest absolute Gasteiger partial charge is 0.0451 e. The van der Waals surface area contributed by atoms with Gasteiger partial charge in [0.1, 0.15) is 0 Å². The van der Waals surface area contributed by atoms with Gasteiger partial charge in [-0.25, -0.2) is 0 Å². The van der Waals surface area contributed by atoms with Crippen LogP contribution in [-0.2, 0) is 0 Å².